The number of aromatic nitrogens is 2. The predicted molar refractivity (Wildman–Crippen MR) is 82.4 cm³/mol. The molecule has 19 heavy (non-hydrogen) atoms. The second-order valence-corrected chi connectivity index (χ2v) is 7.28. The van der Waals surface area contributed by atoms with E-state index in [0.717, 1.165) is 28.2 Å². The van der Waals surface area contributed by atoms with Gasteiger partial charge in [-0.2, -0.15) is 0 Å². The number of hydrogen-bond donors (Lipinski definition) is 1. The van der Waals surface area contributed by atoms with Crippen LogP contribution in [0.15, 0.2) is 21.9 Å². The molecule has 0 amide bonds. The van der Waals surface area contributed by atoms with Crippen molar-refractivity contribution in [2.24, 2.45) is 0 Å². The zero-order valence-corrected chi connectivity index (χ0v) is 13.0. The molecule has 1 N–H and O–H groups in total. The summed E-state index contributed by atoms with van der Waals surface area (Å²) in [6.45, 7) is 2.48. The maximum absolute atomic E-state index is 10.8. The highest BCUT2D eigenvalue weighted by Gasteiger charge is 2.05. The Morgan fingerprint density at radius 3 is 3.11 bits per heavy atom. The van der Waals surface area contributed by atoms with Crippen molar-refractivity contribution in [2.45, 2.75) is 24.1 Å². The Hall–Kier alpha value is -0.920. The summed E-state index contributed by atoms with van der Waals surface area (Å²) < 4.78 is 0.917. The van der Waals surface area contributed by atoms with E-state index in [1.807, 2.05) is 0 Å². The molecule has 0 aliphatic heterocycles. The molecule has 0 aliphatic carbocycles. The number of carbonyl (C=O) groups excluding carboxylic acids is 1. The predicted octanol–water partition coefficient (Wildman–Crippen LogP) is 3.33. The Kier molecular flexibility index (Phi) is 5.81. The highest BCUT2D eigenvalue weighted by molar-refractivity contribution is 8.01. The van der Waals surface area contributed by atoms with Gasteiger partial charge in [0, 0.05) is 23.6 Å². The molecule has 2 aromatic heterocycles. The number of rotatable bonds is 8. The van der Waals surface area contributed by atoms with Crippen LogP contribution >= 0.6 is 34.4 Å². The standard InChI is InChI=1S/C12H15N3OS3/c1-9(16)5-8-18-12-15-14-11(19-12)13-6-4-10-3-2-7-17-10/h2-3,7H,4-6,8H2,1H3,(H,13,14). The molecular weight excluding hydrogens is 298 g/mol. The average Bonchev–Trinajstić information content (AvgIpc) is 3.00. The molecule has 0 spiro atoms. The van der Waals surface area contributed by atoms with Gasteiger partial charge in [0.25, 0.3) is 0 Å². The first kappa shape index (κ1) is 14.5. The third-order valence-electron chi connectivity index (χ3n) is 2.31. The minimum absolute atomic E-state index is 0.214. The van der Waals surface area contributed by atoms with Crippen LogP contribution in [-0.4, -0.2) is 28.3 Å². The van der Waals surface area contributed by atoms with Gasteiger partial charge in [-0.3, -0.25) is 4.79 Å². The summed E-state index contributed by atoms with van der Waals surface area (Å²) >= 11 is 4.90. The Morgan fingerprint density at radius 1 is 1.47 bits per heavy atom. The van der Waals surface area contributed by atoms with Crippen molar-refractivity contribution in [2.75, 3.05) is 17.6 Å². The van der Waals surface area contributed by atoms with Crippen molar-refractivity contribution in [1.29, 1.82) is 0 Å². The third-order valence-corrected chi connectivity index (χ3v) is 5.27. The van der Waals surface area contributed by atoms with Gasteiger partial charge in [0.15, 0.2) is 4.34 Å². The van der Waals surface area contributed by atoms with Crippen molar-refractivity contribution in [3.63, 3.8) is 0 Å². The summed E-state index contributed by atoms with van der Waals surface area (Å²) in [5.41, 5.74) is 0. The van der Waals surface area contributed by atoms with Crippen LogP contribution in [0, 0.1) is 0 Å². The summed E-state index contributed by atoms with van der Waals surface area (Å²) in [5.74, 6) is 0.991. The molecule has 0 radical (unpaired) electrons. The summed E-state index contributed by atoms with van der Waals surface area (Å²) in [4.78, 5) is 12.2. The van der Waals surface area contributed by atoms with E-state index in [2.05, 4.69) is 33.0 Å². The van der Waals surface area contributed by atoms with E-state index in [9.17, 15) is 4.79 Å². The topological polar surface area (TPSA) is 54.9 Å². The lowest BCUT2D eigenvalue weighted by atomic mass is 10.3. The summed E-state index contributed by atoms with van der Waals surface area (Å²) in [7, 11) is 0. The molecule has 0 atom stereocenters. The molecular formula is C12H15N3OS3. The number of anilines is 1. The van der Waals surface area contributed by atoms with E-state index in [1.54, 1.807) is 41.4 Å². The van der Waals surface area contributed by atoms with Crippen LogP contribution in [0.4, 0.5) is 5.13 Å². The van der Waals surface area contributed by atoms with Gasteiger partial charge in [0.2, 0.25) is 5.13 Å². The van der Waals surface area contributed by atoms with E-state index >= 15 is 0 Å². The fourth-order valence-electron chi connectivity index (χ4n) is 1.37. The van der Waals surface area contributed by atoms with Gasteiger partial charge in [-0.05, 0) is 24.8 Å². The number of carbonyl (C=O) groups is 1. The van der Waals surface area contributed by atoms with Crippen molar-refractivity contribution in [3.8, 4) is 0 Å². The smallest absolute Gasteiger partial charge is 0.206 e. The average molecular weight is 313 g/mol. The maximum Gasteiger partial charge on any atom is 0.206 e. The molecule has 0 saturated heterocycles. The molecule has 2 rings (SSSR count). The van der Waals surface area contributed by atoms with E-state index in [-0.39, 0.29) is 5.78 Å². The fourth-order valence-corrected chi connectivity index (χ4v) is 3.97. The molecule has 0 saturated carbocycles. The lowest BCUT2D eigenvalue weighted by Crippen LogP contribution is -2.03. The van der Waals surface area contributed by atoms with Crippen LogP contribution in [0.1, 0.15) is 18.2 Å². The minimum atomic E-state index is 0.214. The molecule has 0 aromatic carbocycles. The quantitative estimate of drug-likeness (QED) is 0.758. The first-order valence-electron chi connectivity index (χ1n) is 5.96. The normalized spacial score (nSPS) is 10.6. The lowest BCUT2D eigenvalue weighted by molar-refractivity contribution is -0.116. The minimum Gasteiger partial charge on any atom is -0.360 e. The number of ketones is 1. The third kappa shape index (κ3) is 5.30. The van der Waals surface area contributed by atoms with Gasteiger partial charge in [-0.25, -0.2) is 0 Å². The number of nitrogens with zero attached hydrogens (tertiary/aromatic N) is 2. The van der Waals surface area contributed by atoms with Gasteiger partial charge in [-0.15, -0.1) is 21.5 Å². The van der Waals surface area contributed by atoms with Crippen LogP contribution in [0.3, 0.4) is 0 Å². The molecule has 4 nitrogen and oxygen atoms in total. The maximum atomic E-state index is 10.8. The van der Waals surface area contributed by atoms with Crippen LogP contribution in [0.25, 0.3) is 0 Å². The number of Topliss-reactive ketones (excluding diaryl/α,β-unsaturated/α-hetero) is 1. The number of nitrogens with one attached hydrogen (secondary N) is 1. The Balaban J connectivity index is 1.70. The van der Waals surface area contributed by atoms with Crippen molar-refractivity contribution in [3.05, 3.63) is 22.4 Å². The largest absolute Gasteiger partial charge is 0.360 e. The first-order valence-corrected chi connectivity index (χ1v) is 8.64. The SMILES string of the molecule is CC(=O)CCSc1nnc(NCCc2cccs2)s1. The monoisotopic (exact) mass is 313 g/mol. The highest BCUT2D eigenvalue weighted by atomic mass is 32.2. The zero-order valence-electron chi connectivity index (χ0n) is 10.6. The molecule has 7 heteroatoms. The van der Waals surface area contributed by atoms with Crippen LogP contribution in [0.5, 0.6) is 0 Å². The van der Waals surface area contributed by atoms with Gasteiger partial charge >= 0.3 is 0 Å². The Bertz CT molecular complexity index is 510. The molecule has 0 bridgehead atoms. The zero-order chi connectivity index (χ0) is 13.5. The van der Waals surface area contributed by atoms with E-state index < -0.39 is 0 Å². The van der Waals surface area contributed by atoms with Crippen LogP contribution in [-0.2, 0) is 11.2 Å². The van der Waals surface area contributed by atoms with E-state index in [1.165, 1.54) is 4.88 Å². The number of hydrogen-bond acceptors (Lipinski definition) is 7. The van der Waals surface area contributed by atoms with E-state index in [4.69, 9.17) is 0 Å². The van der Waals surface area contributed by atoms with Gasteiger partial charge in [0.05, 0.1) is 0 Å². The van der Waals surface area contributed by atoms with E-state index in [0.29, 0.717) is 6.42 Å². The summed E-state index contributed by atoms with van der Waals surface area (Å²) in [6, 6.07) is 4.20. The van der Waals surface area contributed by atoms with Crippen LogP contribution in [0.2, 0.25) is 0 Å². The molecule has 0 unspecified atom stereocenters. The molecule has 2 heterocycles. The number of thioether (sulfide) groups is 1. The second-order valence-electron chi connectivity index (χ2n) is 3.93. The highest BCUT2D eigenvalue weighted by Crippen LogP contribution is 2.25. The van der Waals surface area contributed by atoms with Crippen molar-refractivity contribution in [1.82, 2.24) is 10.2 Å². The second kappa shape index (κ2) is 7.62. The Labute approximate surface area is 124 Å². The molecule has 102 valence electrons. The molecule has 0 aliphatic rings. The van der Waals surface area contributed by atoms with Crippen molar-refractivity contribution < 1.29 is 4.79 Å². The van der Waals surface area contributed by atoms with Gasteiger partial charge < -0.3 is 5.32 Å². The lowest BCUT2D eigenvalue weighted by Gasteiger charge is -1.99. The van der Waals surface area contributed by atoms with Gasteiger partial charge in [-0.1, -0.05) is 29.2 Å². The molecule has 2 aromatic rings. The summed E-state index contributed by atoms with van der Waals surface area (Å²) in [6.07, 6.45) is 1.59. The van der Waals surface area contributed by atoms with Crippen LogP contribution < -0.4 is 5.32 Å². The summed E-state index contributed by atoms with van der Waals surface area (Å²) in [5, 5.41) is 14.4. The van der Waals surface area contributed by atoms with Gasteiger partial charge in [0.1, 0.15) is 5.78 Å². The number of thiophene rings is 1. The first-order chi connectivity index (χ1) is 9.24. The Morgan fingerprint density at radius 2 is 2.37 bits per heavy atom. The van der Waals surface area contributed by atoms with Crippen molar-refractivity contribution >= 4 is 45.4 Å². The fraction of sp³-hybridized carbons (Fsp3) is 0.417. The molecule has 0 fully saturated rings.